The van der Waals surface area contributed by atoms with Crippen molar-refractivity contribution in [3.63, 3.8) is 0 Å². The molecule has 6 amide bonds. The Morgan fingerprint density at radius 2 is 1.70 bits per heavy atom. The van der Waals surface area contributed by atoms with Crippen LogP contribution < -0.4 is 16.0 Å². The third-order valence-corrected chi connectivity index (χ3v) is 7.93. The summed E-state index contributed by atoms with van der Waals surface area (Å²) in [5.41, 5.74) is 2.41. The average Bonchev–Trinajstić information content (AvgIpc) is 3.55. The molecule has 1 fully saturated rings. The molecule has 16 heteroatoms. The Balaban J connectivity index is 0.885. The summed E-state index contributed by atoms with van der Waals surface area (Å²) in [4.78, 5) is 78.5. The van der Waals surface area contributed by atoms with Gasteiger partial charge in [0, 0.05) is 23.1 Å². The van der Waals surface area contributed by atoms with Crippen LogP contribution in [0, 0.1) is 0 Å². The van der Waals surface area contributed by atoms with Crippen molar-refractivity contribution in [2.45, 2.75) is 18.9 Å². The second kappa shape index (κ2) is 14.9. The first-order valence-electron chi connectivity index (χ1n) is 15.6. The van der Waals surface area contributed by atoms with Crippen LogP contribution in [0.25, 0.3) is 10.9 Å². The first kappa shape index (κ1) is 33.6. The number of ether oxygens (including phenoxy) is 2. The number of imide groups is 2. The summed E-state index contributed by atoms with van der Waals surface area (Å²) >= 11 is 0. The molecule has 2 aliphatic rings. The van der Waals surface area contributed by atoms with Gasteiger partial charge in [0.1, 0.15) is 18.3 Å². The summed E-state index contributed by atoms with van der Waals surface area (Å²) in [5, 5.41) is 26.5. The van der Waals surface area contributed by atoms with Crippen LogP contribution >= 0.6 is 0 Å². The zero-order chi connectivity index (χ0) is 35.2. The minimum atomic E-state index is -1.12. The van der Waals surface area contributed by atoms with Crippen LogP contribution in [0.15, 0.2) is 77.0 Å². The highest BCUT2D eigenvalue weighted by Gasteiger charge is 2.45. The second-order valence-corrected chi connectivity index (χ2v) is 11.3. The van der Waals surface area contributed by atoms with E-state index < -0.39 is 41.5 Å². The summed E-state index contributed by atoms with van der Waals surface area (Å²) in [6.45, 7) is 0.101. The quantitative estimate of drug-likeness (QED) is 0.0787. The molecular weight excluding hydrogens is 650 g/mol. The van der Waals surface area contributed by atoms with Crippen molar-refractivity contribution in [3.05, 3.63) is 83.4 Å². The first-order chi connectivity index (χ1) is 24.2. The van der Waals surface area contributed by atoms with Gasteiger partial charge in [-0.05, 0) is 48.9 Å². The van der Waals surface area contributed by atoms with Crippen LogP contribution in [-0.2, 0) is 23.9 Å². The standard InChI is InChI=1S/C34H31N7O9/c42-26-13-12-25(31(45)39-26)41-33(47)22-5-3-7-24(28(22)34(41)48)37-27(43)18-50-17-16-49-15-14-35-40-30(44)19-8-10-20(11-9-19)36-29-21-4-1-2-6-23(21)38-32(29)46/h1-11,25,36,38,46H,12-18H2,(H,37,43)(H,39,42,45). The zero-order valence-corrected chi connectivity index (χ0v) is 26.4. The number of carbonyl (C=O) groups excluding carboxylic acids is 6. The van der Waals surface area contributed by atoms with Crippen LogP contribution in [0.2, 0.25) is 0 Å². The Bertz CT molecular complexity index is 2020. The van der Waals surface area contributed by atoms with Crippen molar-refractivity contribution in [3.8, 4) is 5.88 Å². The number of H-pyrrole nitrogens is 1. The Kier molecular flexibility index (Phi) is 10.0. The molecule has 6 rings (SSSR count). The van der Waals surface area contributed by atoms with Crippen LogP contribution in [0.3, 0.4) is 0 Å². The molecule has 4 aromatic rings. The van der Waals surface area contributed by atoms with Crippen LogP contribution in [0.4, 0.5) is 17.1 Å². The largest absolute Gasteiger partial charge is 0.493 e. The van der Waals surface area contributed by atoms with E-state index in [4.69, 9.17) is 9.47 Å². The molecule has 1 atom stereocenters. The highest BCUT2D eigenvalue weighted by atomic mass is 16.5. The normalized spacial score (nSPS) is 15.8. The maximum absolute atomic E-state index is 13.2. The molecule has 0 radical (unpaired) electrons. The van der Waals surface area contributed by atoms with Crippen LogP contribution in [0.5, 0.6) is 5.88 Å². The molecule has 0 aliphatic carbocycles. The molecule has 1 unspecified atom stereocenters. The number of aromatic amines is 1. The minimum absolute atomic E-state index is 0.00575. The lowest BCUT2D eigenvalue weighted by atomic mass is 10.0. The molecule has 16 nitrogen and oxygen atoms in total. The van der Waals surface area contributed by atoms with Gasteiger partial charge in [-0.15, -0.1) is 5.11 Å². The van der Waals surface area contributed by atoms with E-state index in [0.29, 0.717) is 16.9 Å². The molecular formula is C34H31N7O9. The number of carbonyl (C=O) groups is 6. The summed E-state index contributed by atoms with van der Waals surface area (Å²) < 4.78 is 10.7. The number of nitrogens with one attached hydrogen (secondary N) is 4. The Hall–Kier alpha value is -6.26. The predicted octanol–water partition coefficient (Wildman–Crippen LogP) is 3.28. The van der Waals surface area contributed by atoms with Crippen molar-refractivity contribution in [1.82, 2.24) is 15.2 Å². The molecule has 5 N–H and O–H groups in total. The van der Waals surface area contributed by atoms with Gasteiger partial charge < -0.3 is 30.2 Å². The van der Waals surface area contributed by atoms with E-state index in [1.165, 1.54) is 18.2 Å². The molecule has 1 saturated heterocycles. The van der Waals surface area contributed by atoms with Crippen molar-refractivity contribution in [1.29, 1.82) is 0 Å². The van der Waals surface area contributed by atoms with E-state index in [9.17, 15) is 33.9 Å². The fourth-order valence-electron chi connectivity index (χ4n) is 5.56. The number of para-hydroxylation sites is 1. The number of piperidine rings is 1. The number of amides is 6. The second-order valence-electron chi connectivity index (χ2n) is 11.3. The van der Waals surface area contributed by atoms with Crippen molar-refractivity contribution < 1.29 is 43.3 Å². The molecule has 0 spiro atoms. The monoisotopic (exact) mass is 681 g/mol. The van der Waals surface area contributed by atoms with E-state index >= 15 is 0 Å². The molecule has 3 heterocycles. The Morgan fingerprint density at radius 1 is 0.920 bits per heavy atom. The van der Waals surface area contributed by atoms with E-state index in [1.54, 1.807) is 24.3 Å². The van der Waals surface area contributed by atoms with E-state index in [2.05, 4.69) is 31.2 Å². The SMILES string of the molecule is O=C1CCC(N2C(=O)c3cccc(NC(=O)COCCOCCN=NC(=O)c4ccc(Nc5c(O)[nH]c6ccccc56)cc4)c3C2=O)C(=O)N1. The molecule has 3 aromatic carbocycles. The van der Waals surface area contributed by atoms with Crippen LogP contribution in [0.1, 0.15) is 43.9 Å². The van der Waals surface area contributed by atoms with E-state index in [1.807, 2.05) is 24.3 Å². The van der Waals surface area contributed by atoms with Gasteiger partial charge in [0.2, 0.25) is 23.6 Å². The number of hydrogen-bond donors (Lipinski definition) is 5. The fraction of sp³-hybridized carbons (Fsp3) is 0.235. The van der Waals surface area contributed by atoms with Gasteiger partial charge in [-0.3, -0.25) is 39.0 Å². The number of fused-ring (bicyclic) bond motifs is 2. The fourth-order valence-corrected chi connectivity index (χ4v) is 5.56. The number of benzene rings is 3. The third-order valence-electron chi connectivity index (χ3n) is 7.93. The topological polar surface area (TPSA) is 221 Å². The Morgan fingerprint density at radius 3 is 2.50 bits per heavy atom. The van der Waals surface area contributed by atoms with Crippen LogP contribution in [-0.4, -0.2) is 89.4 Å². The summed E-state index contributed by atoms with van der Waals surface area (Å²) in [6.07, 6.45) is 0.0113. The smallest absolute Gasteiger partial charge is 0.295 e. The van der Waals surface area contributed by atoms with Gasteiger partial charge in [-0.1, -0.05) is 24.3 Å². The van der Waals surface area contributed by atoms with Gasteiger partial charge in [0.25, 0.3) is 17.7 Å². The van der Waals surface area contributed by atoms with Gasteiger partial charge >= 0.3 is 0 Å². The first-order valence-corrected chi connectivity index (χ1v) is 15.6. The van der Waals surface area contributed by atoms with Gasteiger partial charge in [-0.2, -0.15) is 5.11 Å². The van der Waals surface area contributed by atoms with Crippen molar-refractivity contribution in [2.24, 2.45) is 10.2 Å². The average molecular weight is 682 g/mol. The van der Waals surface area contributed by atoms with Crippen molar-refractivity contribution in [2.75, 3.05) is 43.6 Å². The summed E-state index contributed by atoms with van der Waals surface area (Å²) in [7, 11) is 0. The number of rotatable bonds is 13. The number of anilines is 3. The summed E-state index contributed by atoms with van der Waals surface area (Å²) in [5.74, 6) is -3.72. The highest BCUT2D eigenvalue weighted by molar-refractivity contribution is 6.26. The highest BCUT2D eigenvalue weighted by Crippen LogP contribution is 2.35. The Labute approximate surface area is 283 Å². The maximum Gasteiger partial charge on any atom is 0.295 e. The van der Waals surface area contributed by atoms with Gasteiger partial charge in [0.05, 0.1) is 48.7 Å². The number of hydrogen-bond acceptors (Lipinski definition) is 11. The molecule has 1 aromatic heterocycles. The maximum atomic E-state index is 13.2. The molecule has 2 aliphatic heterocycles. The molecule has 256 valence electrons. The number of azo groups is 1. The van der Waals surface area contributed by atoms with E-state index in [-0.39, 0.29) is 68.5 Å². The number of nitrogens with zero attached hydrogens (tertiary/aromatic N) is 3. The number of aromatic nitrogens is 1. The predicted molar refractivity (Wildman–Crippen MR) is 177 cm³/mol. The third kappa shape index (κ3) is 7.25. The summed E-state index contributed by atoms with van der Waals surface area (Å²) in [6, 6.07) is 17.3. The zero-order valence-electron chi connectivity index (χ0n) is 26.4. The lowest BCUT2D eigenvalue weighted by Crippen LogP contribution is -2.54. The molecule has 0 bridgehead atoms. The van der Waals surface area contributed by atoms with Crippen molar-refractivity contribution >= 4 is 63.4 Å². The van der Waals surface area contributed by atoms with Gasteiger partial charge in [-0.25, -0.2) is 0 Å². The lowest BCUT2D eigenvalue weighted by Gasteiger charge is -2.27. The number of aromatic hydroxyl groups is 1. The lowest BCUT2D eigenvalue weighted by molar-refractivity contribution is -0.136. The molecule has 50 heavy (non-hydrogen) atoms. The minimum Gasteiger partial charge on any atom is -0.493 e. The van der Waals surface area contributed by atoms with E-state index in [0.717, 1.165) is 15.8 Å². The van der Waals surface area contributed by atoms with Gasteiger partial charge in [0.15, 0.2) is 0 Å². The molecule has 0 saturated carbocycles.